The molecule has 0 unspecified atom stereocenters. The highest BCUT2D eigenvalue weighted by Gasteiger charge is 2.14. The number of aromatic hydroxyl groups is 1. The fraction of sp³-hybridized carbons (Fsp3) is 0.143. The molecule has 5 heteroatoms. The van der Waals surface area contributed by atoms with E-state index in [1.54, 1.807) is 0 Å². The molecule has 0 aliphatic heterocycles. The first-order chi connectivity index (χ1) is 5.57. The van der Waals surface area contributed by atoms with Gasteiger partial charge in [0.25, 0.3) is 0 Å². The maximum absolute atomic E-state index is 9.30. The predicted molar refractivity (Wildman–Crippen MR) is 49.7 cm³/mol. The zero-order valence-corrected chi connectivity index (χ0v) is 8.33. The van der Waals surface area contributed by atoms with Crippen LogP contribution in [0.25, 0.3) is 0 Å². The highest BCUT2D eigenvalue weighted by molar-refractivity contribution is 6.44. The summed E-state index contributed by atoms with van der Waals surface area (Å²) < 4.78 is 4.79. The minimum atomic E-state index is -0.200. The van der Waals surface area contributed by atoms with E-state index in [1.165, 1.54) is 13.2 Å². The molecule has 0 amide bonds. The number of hydrogen-bond donors (Lipinski definition) is 1. The van der Waals surface area contributed by atoms with Gasteiger partial charge in [-0.3, -0.25) is 0 Å². The van der Waals surface area contributed by atoms with E-state index in [2.05, 4.69) is 0 Å². The van der Waals surface area contributed by atoms with Crippen molar-refractivity contribution in [1.82, 2.24) is 0 Å². The highest BCUT2D eigenvalue weighted by Crippen LogP contribution is 2.43. The number of methoxy groups -OCH3 is 1. The summed E-state index contributed by atoms with van der Waals surface area (Å²) in [6, 6.07) is 1.35. The summed E-state index contributed by atoms with van der Waals surface area (Å²) in [6.07, 6.45) is 0. The molecule has 0 spiro atoms. The molecular formula is C7H5Cl3O2. The van der Waals surface area contributed by atoms with Crippen LogP contribution in [0.2, 0.25) is 15.1 Å². The second-order valence-corrected chi connectivity index (χ2v) is 3.23. The first kappa shape index (κ1) is 9.78. The van der Waals surface area contributed by atoms with E-state index in [0.717, 1.165) is 0 Å². The molecule has 0 saturated heterocycles. The first-order valence-electron chi connectivity index (χ1n) is 2.98. The molecule has 66 valence electrons. The minimum absolute atomic E-state index is 0.0918. The number of phenolic OH excluding ortho intramolecular Hbond substituents is 1. The van der Waals surface area contributed by atoms with E-state index in [0.29, 0.717) is 0 Å². The van der Waals surface area contributed by atoms with Crippen LogP contribution in [0, 0.1) is 0 Å². The molecule has 1 rings (SSSR count). The fourth-order valence-electron chi connectivity index (χ4n) is 0.750. The molecule has 0 radical (unpaired) electrons. The van der Waals surface area contributed by atoms with E-state index in [4.69, 9.17) is 39.5 Å². The molecular weight excluding hydrogens is 222 g/mol. The average Bonchev–Trinajstić information content (AvgIpc) is 2.02. The number of halogens is 3. The lowest BCUT2D eigenvalue weighted by Crippen LogP contribution is -1.86. The van der Waals surface area contributed by atoms with Gasteiger partial charge in [-0.2, -0.15) is 0 Å². The largest absolute Gasteiger partial charge is 0.503 e. The molecule has 1 N–H and O–H groups in total. The fourth-order valence-corrected chi connectivity index (χ4v) is 1.42. The third-order valence-corrected chi connectivity index (χ3v) is 2.37. The van der Waals surface area contributed by atoms with Gasteiger partial charge in [-0.05, 0) is 6.07 Å². The quantitative estimate of drug-likeness (QED) is 0.746. The number of benzene rings is 1. The van der Waals surface area contributed by atoms with Gasteiger partial charge < -0.3 is 9.84 Å². The van der Waals surface area contributed by atoms with Gasteiger partial charge in [0.1, 0.15) is 5.02 Å². The monoisotopic (exact) mass is 226 g/mol. The van der Waals surface area contributed by atoms with Crippen molar-refractivity contribution in [1.29, 1.82) is 0 Å². The number of hydrogen-bond acceptors (Lipinski definition) is 2. The van der Waals surface area contributed by atoms with Gasteiger partial charge in [0.2, 0.25) is 0 Å². The van der Waals surface area contributed by atoms with Gasteiger partial charge >= 0.3 is 0 Å². The molecule has 0 saturated carbocycles. The standard InChI is InChI=1S/C7H5Cl3O2/c1-12-7-5(10)3(8)2-4(9)6(7)11/h2,11H,1H3. The van der Waals surface area contributed by atoms with Gasteiger partial charge in [0.05, 0.1) is 17.2 Å². The Balaban J connectivity index is 3.42. The third-order valence-electron chi connectivity index (χ3n) is 1.31. The van der Waals surface area contributed by atoms with Crippen LogP contribution < -0.4 is 4.74 Å². The van der Waals surface area contributed by atoms with Crippen LogP contribution in [0.15, 0.2) is 6.07 Å². The van der Waals surface area contributed by atoms with E-state index in [1.807, 2.05) is 0 Å². The second-order valence-electron chi connectivity index (χ2n) is 2.04. The lowest BCUT2D eigenvalue weighted by atomic mass is 10.3. The van der Waals surface area contributed by atoms with Crippen LogP contribution in [0.1, 0.15) is 0 Å². The SMILES string of the molecule is COc1c(O)c(Cl)cc(Cl)c1Cl. The number of rotatable bonds is 1. The lowest BCUT2D eigenvalue weighted by Gasteiger charge is -2.07. The summed E-state index contributed by atoms with van der Waals surface area (Å²) in [5.74, 6) is -0.109. The zero-order chi connectivity index (χ0) is 9.30. The molecule has 0 bridgehead atoms. The Morgan fingerprint density at radius 3 is 2.33 bits per heavy atom. The summed E-state index contributed by atoms with van der Waals surface area (Å²) in [7, 11) is 1.37. The molecule has 0 fully saturated rings. The molecule has 0 aliphatic carbocycles. The number of ether oxygens (including phenoxy) is 1. The Morgan fingerprint density at radius 1 is 1.25 bits per heavy atom. The zero-order valence-electron chi connectivity index (χ0n) is 6.07. The van der Waals surface area contributed by atoms with Crippen LogP contribution in [-0.2, 0) is 0 Å². The first-order valence-corrected chi connectivity index (χ1v) is 4.11. The van der Waals surface area contributed by atoms with Crippen molar-refractivity contribution in [3.05, 3.63) is 21.1 Å². The molecule has 0 heterocycles. The Labute approximate surface area is 84.6 Å². The lowest BCUT2D eigenvalue weighted by molar-refractivity contribution is 0.374. The van der Waals surface area contributed by atoms with Gasteiger partial charge in [-0.25, -0.2) is 0 Å². The van der Waals surface area contributed by atoms with Gasteiger partial charge in [-0.1, -0.05) is 34.8 Å². The van der Waals surface area contributed by atoms with E-state index in [-0.39, 0.29) is 26.6 Å². The van der Waals surface area contributed by atoms with Crippen LogP contribution >= 0.6 is 34.8 Å². The van der Waals surface area contributed by atoms with Crippen molar-refractivity contribution >= 4 is 34.8 Å². The highest BCUT2D eigenvalue weighted by atomic mass is 35.5. The van der Waals surface area contributed by atoms with Crippen molar-refractivity contribution in [2.45, 2.75) is 0 Å². The molecule has 1 aromatic carbocycles. The number of phenols is 1. The molecule has 12 heavy (non-hydrogen) atoms. The summed E-state index contributed by atoms with van der Waals surface area (Å²) >= 11 is 17.0. The summed E-state index contributed by atoms with van der Waals surface area (Å²) in [6.45, 7) is 0. The average molecular weight is 227 g/mol. The molecule has 0 aliphatic rings. The van der Waals surface area contributed by atoms with Gasteiger partial charge in [0, 0.05) is 0 Å². The molecule has 0 aromatic heterocycles. The van der Waals surface area contributed by atoms with Crippen LogP contribution in [0.5, 0.6) is 11.5 Å². The van der Waals surface area contributed by atoms with Crippen molar-refractivity contribution in [3.63, 3.8) is 0 Å². The van der Waals surface area contributed by atoms with Gasteiger partial charge in [0.15, 0.2) is 11.5 Å². The summed E-state index contributed by atoms with van der Waals surface area (Å²) in [5, 5.41) is 9.82. The minimum Gasteiger partial charge on any atom is -0.503 e. The Bertz CT molecular complexity index is 286. The van der Waals surface area contributed by atoms with Crippen LogP contribution in [0.4, 0.5) is 0 Å². The van der Waals surface area contributed by atoms with E-state index in [9.17, 15) is 5.11 Å². The van der Waals surface area contributed by atoms with Gasteiger partial charge in [-0.15, -0.1) is 0 Å². The summed E-state index contributed by atoms with van der Waals surface area (Å²) in [4.78, 5) is 0. The molecule has 1 aromatic rings. The summed E-state index contributed by atoms with van der Waals surface area (Å²) in [5.41, 5.74) is 0. The van der Waals surface area contributed by atoms with Crippen LogP contribution in [-0.4, -0.2) is 12.2 Å². The third kappa shape index (κ3) is 1.56. The smallest absolute Gasteiger partial charge is 0.182 e. The Kier molecular flexibility index (Phi) is 2.94. The normalized spacial score (nSPS) is 10.0. The Morgan fingerprint density at radius 2 is 1.83 bits per heavy atom. The Hall–Kier alpha value is -0.310. The van der Waals surface area contributed by atoms with Crippen LogP contribution in [0.3, 0.4) is 0 Å². The topological polar surface area (TPSA) is 29.5 Å². The second kappa shape index (κ2) is 3.60. The van der Waals surface area contributed by atoms with Crippen molar-refractivity contribution in [2.75, 3.05) is 7.11 Å². The van der Waals surface area contributed by atoms with Crippen molar-refractivity contribution in [2.24, 2.45) is 0 Å². The van der Waals surface area contributed by atoms with E-state index < -0.39 is 0 Å². The maximum atomic E-state index is 9.30. The van der Waals surface area contributed by atoms with Crippen molar-refractivity contribution in [3.8, 4) is 11.5 Å². The van der Waals surface area contributed by atoms with Crippen molar-refractivity contribution < 1.29 is 9.84 Å². The maximum Gasteiger partial charge on any atom is 0.182 e. The molecule has 2 nitrogen and oxygen atoms in total. The van der Waals surface area contributed by atoms with E-state index >= 15 is 0 Å². The molecule has 0 atom stereocenters. The predicted octanol–water partition coefficient (Wildman–Crippen LogP) is 3.36.